The third-order valence-electron chi connectivity index (χ3n) is 6.26. The van der Waals surface area contributed by atoms with E-state index in [0.717, 1.165) is 0 Å². The van der Waals surface area contributed by atoms with Crippen molar-refractivity contribution < 1.29 is 28.6 Å². The monoisotopic (exact) mass is 487 g/mol. The Morgan fingerprint density at radius 2 is 1.37 bits per heavy atom. The van der Waals surface area contributed by atoms with Gasteiger partial charge in [0, 0.05) is 56.9 Å². The molecular weight excluding hydrogens is 454 g/mol. The summed E-state index contributed by atoms with van der Waals surface area (Å²) in [4.78, 5) is 44.7. The number of hydrogen-bond acceptors (Lipinski definition) is 9. The van der Waals surface area contributed by atoms with E-state index in [4.69, 9.17) is 19.7 Å². The second kappa shape index (κ2) is 12.3. The van der Waals surface area contributed by atoms with Crippen molar-refractivity contribution in [2.45, 2.75) is 58.6 Å². The van der Waals surface area contributed by atoms with Crippen LogP contribution in [-0.2, 0) is 19.0 Å². The Morgan fingerprint density at radius 3 is 1.77 bits per heavy atom. The molecule has 11 heteroatoms. The van der Waals surface area contributed by atoms with Crippen molar-refractivity contribution in [2.24, 2.45) is 5.11 Å². The highest BCUT2D eigenvalue weighted by Crippen LogP contribution is 2.36. The third kappa shape index (κ3) is 6.36. The maximum atomic E-state index is 13.2. The predicted octanol–water partition coefficient (Wildman–Crippen LogP) is 3.85. The number of ether oxygens (including phenoxy) is 3. The number of piperidine rings is 2. The number of benzene rings is 1. The van der Waals surface area contributed by atoms with Crippen LogP contribution >= 0.6 is 0 Å². The molecule has 0 spiro atoms. The molecule has 0 bridgehead atoms. The third-order valence-corrected chi connectivity index (χ3v) is 6.26. The Kier molecular flexibility index (Phi) is 9.19. The van der Waals surface area contributed by atoms with Gasteiger partial charge in [-0.25, -0.2) is 9.59 Å². The van der Waals surface area contributed by atoms with Gasteiger partial charge in [-0.1, -0.05) is 5.11 Å². The average molecular weight is 488 g/mol. The van der Waals surface area contributed by atoms with Gasteiger partial charge in [-0.2, -0.15) is 0 Å². The molecule has 0 amide bonds. The van der Waals surface area contributed by atoms with E-state index in [-0.39, 0.29) is 42.5 Å². The molecule has 2 aliphatic rings. The fourth-order valence-electron chi connectivity index (χ4n) is 4.67. The van der Waals surface area contributed by atoms with Gasteiger partial charge in [0.2, 0.25) is 0 Å². The summed E-state index contributed by atoms with van der Waals surface area (Å²) >= 11 is 0. The van der Waals surface area contributed by atoms with Crippen LogP contribution in [0, 0.1) is 0 Å². The van der Waals surface area contributed by atoms with Crippen LogP contribution in [0.5, 0.6) is 0 Å². The lowest BCUT2D eigenvalue weighted by Crippen LogP contribution is -2.39. The molecule has 2 fully saturated rings. The molecule has 2 heterocycles. The maximum Gasteiger partial charge on any atom is 0.341 e. The SMILES string of the molecule is CCOC(=O)c1c(N2CCC(N=[N+]=[N-])CC2)ccc(N2CCC(OC(C)=O)CC2)c1C(=O)OCC. The average Bonchev–Trinajstić information content (AvgIpc) is 2.84. The molecule has 3 rings (SSSR count). The number of rotatable bonds is 8. The van der Waals surface area contributed by atoms with Crippen molar-refractivity contribution in [1.82, 2.24) is 0 Å². The standard InChI is InChI=1S/C24H33N5O6/c1-4-33-23(31)21-19(28-12-8-17(9-13-28)26-27-25)6-7-20(22(21)24(32)34-5-2)29-14-10-18(11-15-29)35-16(3)30/h6-7,17-18H,4-5,8-15H2,1-3H3. The summed E-state index contributed by atoms with van der Waals surface area (Å²) in [7, 11) is 0. The molecule has 0 radical (unpaired) electrons. The first-order chi connectivity index (χ1) is 16.9. The van der Waals surface area contributed by atoms with Crippen LogP contribution in [0.25, 0.3) is 10.4 Å². The van der Waals surface area contributed by atoms with Gasteiger partial charge < -0.3 is 24.0 Å². The highest BCUT2D eigenvalue weighted by atomic mass is 16.5. The van der Waals surface area contributed by atoms with Crippen LogP contribution < -0.4 is 9.80 Å². The van der Waals surface area contributed by atoms with E-state index in [9.17, 15) is 14.4 Å². The molecule has 0 unspecified atom stereocenters. The van der Waals surface area contributed by atoms with Gasteiger partial charge in [0.25, 0.3) is 0 Å². The molecule has 11 nitrogen and oxygen atoms in total. The lowest BCUT2D eigenvalue weighted by atomic mass is 9.97. The van der Waals surface area contributed by atoms with Gasteiger partial charge in [-0.05, 0) is 44.4 Å². The molecule has 2 aliphatic heterocycles. The molecule has 0 N–H and O–H groups in total. The van der Waals surface area contributed by atoms with Crippen molar-refractivity contribution in [1.29, 1.82) is 0 Å². The molecular formula is C24H33N5O6. The fourth-order valence-corrected chi connectivity index (χ4v) is 4.67. The van der Waals surface area contributed by atoms with Gasteiger partial charge in [-0.3, -0.25) is 4.79 Å². The highest BCUT2D eigenvalue weighted by Gasteiger charge is 2.33. The van der Waals surface area contributed by atoms with Gasteiger partial charge in [0.15, 0.2) is 0 Å². The molecule has 0 aromatic heterocycles. The summed E-state index contributed by atoms with van der Waals surface area (Å²) in [6, 6.07) is 3.59. The minimum absolute atomic E-state index is 0.0930. The Bertz CT molecular complexity index is 977. The molecule has 1 aromatic rings. The normalized spacial score (nSPS) is 16.9. The van der Waals surface area contributed by atoms with Crippen LogP contribution in [-0.4, -0.2) is 69.4 Å². The minimum Gasteiger partial charge on any atom is -0.462 e. The summed E-state index contributed by atoms with van der Waals surface area (Å²) < 4.78 is 16.1. The number of carbonyl (C=O) groups excluding carboxylic acids is 3. The number of anilines is 2. The quantitative estimate of drug-likeness (QED) is 0.177. The smallest absolute Gasteiger partial charge is 0.341 e. The number of hydrogen-bond donors (Lipinski definition) is 0. The lowest BCUT2D eigenvalue weighted by molar-refractivity contribution is -0.147. The Hall–Kier alpha value is -3.46. The summed E-state index contributed by atoms with van der Waals surface area (Å²) in [5.74, 6) is -1.48. The van der Waals surface area contributed by atoms with Gasteiger partial charge in [0.05, 0.1) is 35.7 Å². The van der Waals surface area contributed by atoms with E-state index in [1.165, 1.54) is 6.92 Å². The van der Waals surface area contributed by atoms with E-state index in [1.54, 1.807) is 13.8 Å². The second-order valence-electron chi connectivity index (χ2n) is 8.51. The zero-order chi connectivity index (χ0) is 25.4. The molecule has 0 atom stereocenters. The number of nitrogens with zero attached hydrogens (tertiary/aromatic N) is 5. The molecule has 190 valence electrons. The Morgan fingerprint density at radius 1 is 0.914 bits per heavy atom. The summed E-state index contributed by atoms with van der Waals surface area (Å²) in [5.41, 5.74) is 10.3. The Balaban J connectivity index is 2.01. The molecule has 0 saturated carbocycles. The first-order valence-corrected chi connectivity index (χ1v) is 12.1. The first-order valence-electron chi connectivity index (χ1n) is 12.1. The fraction of sp³-hybridized carbons (Fsp3) is 0.625. The van der Waals surface area contributed by atoms with E-state index >= 15 is 0 Å². The van der Waals surface area contributed by atoms with Crippen molar-refractivity contribution >= 4 is 29.3 Å². The molecule has 1 aromatic carbocycles. The van der Waals surface area contributed by atoms with E-state index in [0.29, 0.717) is 63.2 Å². The van der Waals surface area contributed by atoms with Crippen LogP contribution in [0.1, 0.15) is 67.2 Å². The minimum atomic E-state index is -0.585. The predicted molar refractivity (Wildman–Crippen MR) is 130 cm³/mol. The van der Waals surface area contributed by atoms with Gasteiger partial charge in [-0.15, -0.1) is 0 Å². The van der Waals surface area contributed by atoms with Crippen LogP contribution in [0.3, 0.4) is 0 Å². The number of azide groups is 1. The second-order valence-corrected chi connectivity index (χ2v) is 8.51. The highest BCUT2D eigenvalue weighted by molar-refractivity contribution is 6.11. The van der Waals surface area contributed by atoms with Crippen molar-refractivity contribution in [3.05, 3.63) is 33.7 Å². The van der Waals surface area contributed by atoms with Crippen molar-refractivity contribution in [3.8, 4) is 0 Å². The molecule has 2 saturated heterocycles. The van der Waals surface area contributed by atoms with Crippen molar-refractivity contribution in [3.63, 3.8) is 0 Å². The summed E-state index contributed by atoms with van der Waals surface area (Å²) in [6.45, 7) is 7.43. The molecule has 0 aliphatic carbocycles. The first kappa shape index (κ1) is 26.2. The van der Waals surface area contributed by atoms with E-state index in [1.807, 2.05) is 21.9 Å². The van der Waals surface area contributed by atoms with Crippen LogP contribution in [0.4, 0.5) is 11.4 Å². The lowest BCUT2D eigenvalue weighted by Gasteiger charge is -2.36. The van der Waals surface area contributed by atoms with E-state index in [2.05, 4.69) is 10.0 Å². The van der Waals surface area contributed by atoms with Gasteiger partial charge in [0.1, 0.15) is 6.10 Å². The number of esters is 3. The van der Waals surface area contributed by atoms with Crippen LogP contribution in [0.15, 0.2) is 17.2 Å². The molecule has 35 heavy (non-hydrogen) atoms. The van der Waals surface area contributed by atoms with Crippen LogP contribution in [0.2, 0.25) is 0 Å². The zero-order valence-electron chi connectivity index (χ0n) is 20.6. The Labute approximate surface area is 204 Å². The topological polar surface area (TPSA) is 134 Å². The zero-order valence-corrected chi connectivity index (χ0v) is 20.6. The summed E-state index contributed by atoms with van der Waals surface area (Å²) in [6.07, 6.45) is 2.35. The van der Waals surface area contributed by atoms with Crippen molar-refractivity contribution in [2.75, 3.05) is 49.2 Å². The number of carbonyl (C=O) groups is 3. The largest absolute Gasteiger partial charge is 0.462 e. The summed E-state index contributed by atoms with van der Waals surface area (Å²) in [5, 5.41) is 3.82. The van der Waals surface area contributed by atoms with E-state index < -0.39 is 11.9 Å². The van der Waals surface area contributed by atoms with Gasteiger partial charge >= 0.3 is 17.9 Å². The maximum absolute atomic E-state index is 13.2.